The third-order valence-electron chi connectivity index (χ3n) is 3.60. The Morgan fingerprint density at radius 3 is 2.71 bits per heavy atom. The minimum atomic E-state index is -3.96. The summed E-state index contributed by atoms with van der Waals surface area (Å²) in [6.07, 6.45) is 0. The number of halogens is 1. The van der Waals surface area contributed by atoms with E-state index in [4.69, 9.17) is 0 Å². The highest BCUT2D eigenvalue weighted by Crippen LogP contribution is 2.36. The first-order chi connectivity index (χ1) is 11.4. The van der Waals surface area contributed by atoms with Gasteiger partial charge >= 0.3 is 0 Å². The summed E-state index contributed by atoms with van der Waals surface area (Å²) in [7, 11) is -3.96. The molecule has 1 amide bonds. The lowest BCUT2D eigenvalue weighted by molar-refractivity contribution is -0.116. The zero-order chi connectivity index (χ0) is 17.3. The average molecular weight is 366 g/mol. The van der Waals surface area contributed by atoms with E-state index in [1.807, 2.05) is 0 Å². The molecule has 0 bridgehead atoms. The maximum Gasteiger partial charge on any atom is 0.262 e. The van der Waals surface area contributed by atoms with Gasteiger partial charge < -0.3 is 4.90 Å². The molecule has 2 aromatic carbocycles. The molecular formula is C16H15FN2O3S2. The molecule has 0 spiro atoms. The number of anilines is 2. The molecule has 1 aliphatic heterocycles. The van der Waals surface area contributed by atoms with Crippen molar-refractivity contribution in [1.82, 2.24) is 0 Å². The number of hydrogen-bond donors (Lipinski definition) is 1. The molecule has 0 saturated carbocycles. The summed E-state index contributed by atoms with van der Waals surface area (Å²) < 4.78 is 41.0. The number of thioether (sulfide) groups is 1. The zero-order valence-electron chi connectivity index (χ0n) is 12.8. The summed E-state index contributed by atoms with van der Waals surface area (Å²) in [5.41, 5.74) is 0.447. The summed E-state index contributed by atoms with van der Waals surface area (Å²) in [4.78, 5) is 14.1. The number of nitrogens with zero attached hydrogens (tertiary/aromatic N) is 1. The van der Waals surface area contributed by atoms with E-state index < -0.39 is 15.8 Å². The molecule has 3 rings (SSSR count). The van der Waals surface area contributed by atoms with E-state index in [2.05, 4.69) is 4.72 Å². The molecule has 0 unspecified atom stereocenters. The van der Waals surface area contributed by atoms with Gasteiger partial charge in [0, 0.05) is 24.1 Å². The number of carbonyl (C=O) groups is 1. The van der Waals surface area contributed by atoms with Gasteiger partial charge in [-0.05, 0) is 30.3 Å². The van der Waals surface area contributed by atoms with E-state index in [-0.39, 0.29) is 16.5 Å². The Bertz CT molecular complexity index is 900. The van der Waals surface area contributed by atoms with Crippen molar-refractivity contribution in [3.63, 3.8) is 0 Å². The second kappa shape index (κ2) is 6.45. The molecule has 0 fully saturated rings. The van der Waals surface area contributed by atoms with Crippen LogP contribution in [0.3, 0.4) is 0 Å². The predicted octanol–water partition coefficient (Wildman–Crippen LogP) is 3.09. The summed E-state index contributed by atoms with van der Waals surface area (Å²) in [6, 6.07) is 10.1. The molecule has 0 aliphatic carbocycles. The van der Waals surface area contributed by atoms with Crippen LogP contribution in [0.4, 0.5) is 15.8 Å². The lowest BCUT2D eigenvalue weighted by Crippen LogP contribution is -2.33. The standard InChI is InChI=1S/C16H15FN2O3S2/c1-11(20)19-8-9-23-16-7-6-12(10-15(16)19)24(21,22)18-14-5-3-2-4-13(14)17/h2-7,10,18H,8-9H2,1H3. The van der Waals surface area contributed by atoms with Crippen LogP contribution in [-0.2, 0) is 14.8 Å². The van der Waals surface area contributed by atoms with Gasteiger partial charge in [0.25, 0.3) is 10.0 Å². The highest BCUT2D eigenvalue weighted by Gasteiger charge is 2.24. The molecule has 1 heterocycles. The van der Waals surface area contributed by atoms with Gasteiger partial charge in [-0.2, -0.15) is 0 Å². The second-order valence-electron chi connectivity index (χ2n) is 5.23. The molecule has 0 atom stereocenters. The fraction of sp³-hybridized carbons (Fsp3) is 0.188. The van der Waals surface area contributed by atoms with Gasteiger partial charge in [-0.15, -0.1) is 11.8 Å². The molecule has 0 radical (unpaired) electrons. The summed E-state index contributed by atoms with van der Waals surface area (Å²) >= 11 is 1.57. The molecule has 1 N–H and O–H groups in total. The summed E-state index contributed by atoms with van der Waals surface area (Å²) in [5.74, 6) is -0.0419. The van der Waals surface area contributed by atoms with Crippen molar-refractivity contribution in [3.05, 3.63) is 48.3 Å². The van der Waals surface area contributed by atoms with Crippen molar-refractivity contribution in [3.8, 4) is 0 Å². The fourth-order valence-corrected chi connectivity index (χ4v) is 4.50. The van der Waals surface area contributed by atoms with Crippen LogP contribution in [0.5, 0.6) is 0 Å². The van der Waals surface area contributed by atoms with Gasteiger partial charge in [0.1, 0.15) is 5.82 Å². The Morgan fingerprint density at radius 1 is 1.25 bits per heavy atom. The van der Waals surface area contributed by atoms with Crippen molar-refractivity contribution in [2.75, 3.05) is 21.9 Å². The minimum Gasteiger partial charge on any atom is -0.311 e. The summed E-state index contributed by atoms with van der Waals surface area (Å²) in [6.45, 7) is 1.97. The minimum absolute atomic E-state index is 0.0155. The molecule has 0 aromatic heterocycles. The van der Waals surface area contributed by atoms with Gasteiger partial charge in [0.15, 0.2) is 0 Å². The Balaban J connectivity index is 1.99. The lowest BCUT2D eigenvalue weighted by Gasteiger charge is -2.28. The van der Waals surface area contributed by atoms with E-state index in [0.29, 0.717) is 12.2 Å². The maximum atomic E-state index is 13.7. The van der Waals surface area contributed by atoms with E-state index in [1.54, 1.807) is 28.8 Å². The topological polar surface area (TPSA) is 66.5 Å². The first-order valence-corrected chi connectivity index (χ1v) is 9.68. The van der Waals surface area contributed by atoms with Gasteiger partial charge in [-0.1, -0.05) is 12.1 Å². The largest absolute Gasteiger partial charge is 0.311 e. The number of carbonyl (C=O) groups excluding carboxylic acids is 1. The van der Waals surface area contributed by atoms with Crippen LogP contribution >= 0.6 is 11.8 Å². The molecule has 24 heavy (non-hydrogen) atoms. The Morgan fingerprint density at radius 2 is 2.00 bits per heavy atom. The van der Waals surface area contributed by atoms with Crippen molar-refractivity contribution in [2.45, 2.75) is 16.7 Å². The van der Waals surface area contributed by atoms with Gasteiger partial charge in [0.2, 0.25) is 5.91 Å². The molecule has 0 saturated heterocycles. The van der Waals surface area contributed by atoms with Crippen LogP contribution in [0.2, 0.25) is 0 Å². The number of amides is 1. The van der Waals surface area contributed by atoms with E-state index in [9.17, 15) is 17.6 Å². The van der Waals surface area contributed by atoms with Crippen molar-refractivity contribution in [1.29, 1.82) is 0 Å². The smallest absolute Gasteiger partial charge is 0.262 e. The number of rotatable bonds is 3. The third kappa shape index (κ3) is 3.25. The van der Waals surface area contributed by atoms with Crippen LogP contribution in [0.15, 0.2) is 52.3 Å². The highest BCUT2D eigenvalue weighted by molar-refractivity contribution is 7.99. The molecule has 1 aliphatic rings. The monoisotopic (exact) mass is 366 g/mol. The van der Waals surface area contributed by atoms with Gasteiger partial charge in [0.05, 0.1) is 16.3 Å². The average Bonchev–Trinajstić information content (AvgIpc) is 2.55. The number of fused-ring (bicyclic) bond motifs is 1. The van der Waals surface area contributed by atoms with E-state index in [0.717, 1.165) is 10.6 Å². The zero-order valence-corrected chi connectivity index (χ0v) is 14.5. The Hall–Kier alpha value is -2.06. The normalized spacial score (nSPS) is 14.2. The molecule has 126 valence electrons. The Kier molecular flexibility index (Phi) is 4.51. The predicted molar refractivity (Wildman–Crippen MR) is 92.4 cm³/mol. The quantitative estimate of drug-likeness (QED) is 0.907. The molecule has 2 aromatic rings. The molecule has 5 nitrogen and oxygen atoms in total. The van der Waals surface area contributed by atoms with Crippen LogP contribution < -0.4 is 9.62 Å². The summed E-state index contributed by atoms with van der Waals surface area (Å²) in [5, 5.41) is 0. The first kappa shape index (κ1) is 16.8. The number of sulfonamides is 1. The number of nitrogens with one attached hydrogen (secondary N) is 1. The number of benzene rings is 2. The fourth-order valence-electron chi connectivity index (χ4n) is 2.44. The maximum absolute atomic E-state index is 13.7. The first-order valence-electron chi connectivity index (χ1n) is 7.21. The van der Waals surface area contributed by atoms with Crippen molar-refractivity contribution in [2.24, 2.45) is 0 Å². The van der Waals surface area contributed by atoms with Gasteiger partial charge in [-0.3, -0.25) is 9.52 Å². The van der Waals surface area contributed by atoms with Crippen LogP contribution in [0.1, 0.15) is 6.92 Å². The van der Waals surface area contributed by atoms with Crippen molar-refractivity contribution >= 4 is 39.1 Å². The van der Waals surface area contributed by atoms with Crippen molar-refractivity contribution < 1.29 is 17.6 Å². The van der Waals surface area contributed by atoms with Gasteiger partial charge in [-0.25, -0.2) is 12.8 Å². The SMILES string of the molecule is CC(=O)N1CCSc2ccc(S(=O)(=O)Nc3ccccc3F)cc21. The third-order valence-corrected chi connectivity index (χ3v) is 6.01. The number of para-hydroxylation sites is 1. The number of hydrogen-bond acceptors (Lipinski definition) is 4. The second-order valence-corrected chi connectivity index (χ2v) is 8.05. The van der Waals surface area contributed by atoms with Crippen LogP contribution in [0.25, 0.3) is 0 Å². The Labute approximate surface area is 143 Å². The molecular weight excluding hydrogens is 351 g/mol. The molecule has 8 heteroatoms. The highest BCUT2D eigenvalue weighted by atomic mass is 32.2. The lowest BCUT2D eigenvalue weighted by atomic mass is 10.2. The van der Waals surface area contributed by atoms with Crippen LogP contribution in [0, 0.1) is 5.82 Å². The van der Waals surface area contributed by atoms with Crippen LogP contribution in [-0.4, -0.2) is 26.6 Å². The van der Waals surface area contributed by atoms with E-state index in [1.165, 1.54) is 37.3 Å². The van der Waals surface area contributed by atoms with E-state index >= 15 is 0 Å².